The van der Waals surface area contributed by atoms with Crippen molar-refractivity contribution in [2.75, 3.05) is 17.3 Å². The number of fused-ring (bicyclic) bond motifs is 6. The van der Waals surface area contributed by atoms with Crippen LogP contribution in [0, 0.1) is 6.92 Å². The standard InChI is InChI=1S/C36H30N2O3/c1-23-13-15-25(16-14-23)24(2)37-26-17-19-31-34(21-26)40-33-20-18-28(38(3)27-9-5-4-6-10-27)22-32(33)36(31)30-12-8-7-11-29(30)35(39)41-36/h4-22,24,37H,1-3H3. The summed E-state index contributed by atoms with van der Waals surface area (Å²) in [6, 6.07) is 38.6. The van der Waals surface area contributed by atoms with Crippen molar-refractivity contribution in [3.63, 3.8) is 0 Å². The fourth-order valence-corrected chi connectivity index (χ4v) is 5.95. The van der Waals surface area contributed by atoms with Crippen LogP contribution in [0.15, 0.2) is 115 Å². The molecule has 2 atom stereocenters. The van der Waals surface area contributed by atoms with Gasteiger partial charge in [0.2, 0.25) is 0 Å². The van der Waals surface area contributed by atoms with Gasteiger partial charge < -0.3 is 19.7 Å². The fraction of sp³-hybridized carbons (Fsp3) is 0.139. The number of para-hydroxylation sites is 1. The molecule has 5 aromatic carbocycles. The Morgan fingerprint density at radius 2 is 1.49 bits per heavy atom. The van der Waals surface area contributed by atoms with E-state index in [1.807, 2.05) is 79.8 Å². The first-order valence-electron chi connectivity index (χ1n) is 13.9. The summed E-state index contributed by atoms with van der Waals surface area (Å²) in [7, 11) is 2.03. The third-order valence-corrected chi connectivity index (χ3v) is 8.19. The summed E-state index contributed by atoms with van der Waals surface area (Å²) < 4.78 is 12.9. The van der Waals surface area contributed by atoms with Gasteiger partial charge in [0.1, 0.15) is 11.5 Å². The molecule has 0 radical (unpaired) electrons. The molecule has 0 fully saturated rings. The molecule has 2 heterocycles. The maximum atomic E-state index is 13.3. The van der Waals surface area contributed by atoms with Crippen LogP contribution in [-0.4, -0.2) is 13.0 Å². The highest BCUT2D eigenvalue weighted by molar-refractivity contribution is 5.97. The molecule has 7 rings (SSSR count). The van der Waals surface area contributed by atoms with Crippen molar-refractivity contribution in [2.45, 2.75) is 25.5 Å². The summed E-state index contributed by atoms with van der Waals surface area (Å²) in [4.78, 5) is 15.4. The van der Waals surface area contributed by atoms with E-state index in [1.54, 1.807) is 0 Å². The Bertz CT molecular complexity index is 1780. The van der Waals surface area contributed by atoms with Crippen molar-refractivity contribution in [2.24, 2.45) is 0 Å². The molecule has 2 aliphatic heterocycles. The van der Waals surface area contributed by atoms with Crippen molar-refractivity contribution < 1.29 is 14.3 Å². The SMILES string of the molecule is Cc1ccc(C(C)Nc2ccc3c(c2)Oc2ccc(N(C)c4ccccc4)cc2C32OC(=O)c3ccccc32)cc1. The highest BCUT2D eigenvalue weighted by atomic mass is 16.6. The average Bonchev–Trinajstić information content (AvgIpc) is 3.30. The van der Waals surface area contributed by atoms with E-state index in [2.05, 4.69) is 66.5 Å². The van der Waals surface area contributed by atoms with Gasteiger partial charge >= 0.3 is 5.97 Å². The highest BCUT2D eigenvalue weighted by Gasteiger charge is 2.53. The predicted molar refractivity (Wildman–Crippen MR) is 162 cm³/mol. The lowest BCUT2D eigenvalue weighted by atomic mass is 9.77. The maximum absolute atomic E-state index is 13.3. The molecule has 5 nitrogen and oxygen atoms in total. The topological polar surface area (TPSA) is 50.8 Å². The molecule has 5 aromatic rings. The Labute approximate surface area is 240 Å². The first-order chi connectivity index (χ1) is 19.9. The van der Waals surface area contributed by atoms with Crippen molar-refractivity contribution in [3.05, 3.63) is 149 Å². The minimum Gasteiger partial charge on any atom is -0.456 e. The van der Waals surface area contributed by atoms with Gasteiger partial charge in [0, 0.05) is 52.9 Å². The number of benzene rings is 5. The summed E-state index contributed by atoms with van der Waals surface area (Å²) in [5.74, 6) is 0.986. The van der Waals surface area contributed by atoms with Gasteiger partial charge in [0.15, 0.2) is 5.60 Å². The first-order valence-corrected chi connectivity index (χ1v) is 13.9. The molecule has 2 unspecified atom stereocenters. The molecule has 1 N–H and O–H groups in total. The van der Waals surface area contributed by atoms with Crippen LogP contribution in [-0.2, 0) is 10.3 Å². The summed E-state index contributed by atoms with van der Waals surface area (Å²) >= 11 is 0. The van der Waals surface area contributed by atoms with Crippen molar-refractivity contribution in [1.29, 1.82) is 0 Å². The number of esters is 1. The Kier molecular flexibility index (Phi) is 5.82. The van der Waals surface area contributed by atoms with Crippen LogP contribution in [0.1, 0.15) is 51.1 Å². The smallest absolute Gasteiger partial charge is 0.340 e. The second-order valence-corrected chi connectivity index (χ2v) is 10.8. The largest absolute Gasteiger partial charge is 0.456 e. The normalized spacial score (nSPS) is 17.1. The molecule has 2 aliphatic rings. The average molecular weight is 539 g/mol. The molecule has 0 aliphatic carbocycles. The summed E-state index contributed by atoms with van der Waals surface area (Å²) in [5, 5.41) is 3.61. The van der Waals surface area contributed by atoms with Crippen molar-refractivity contribution in [1.82, 2.24) is 0 Å². The number of hydrogen-bond acceptors (Lipinski definition) is 5. The number of rotatable bonds is 5. The van der Waals surface area contributed by atoms with Gasteiger partial charge in [-0.2, -0.15) is 0 Å². The Balaban J connectivity index is 1.34. The molecule has 5 heteroatoms. The second kappa shape index (κ2) is 9.56. The van der Waals surface area contributed by atoms with Crippen LogP contribution < -0.4 is 15.0 Å². The van der Waals surface area contributed by atoms with Gasteiger partial charge in [-0.15, -0.1) is 0 Å². The number of aryl methyl sites for hydroxylation is 1. The number of anilines is 3. The van der Waals surface area contributed by atoms with E-state index in [1.165, 1.54) is 11.1 Å². The molecule has 0 aromatic heterocycles. The lowest BCUT2D eigenvalue weighted by Crippen LogP contribution is -2.33. The summed E-state index contributed by atoms with van der Waals surface area (Å²) in [5.41, 5.74) is 7.26. The van der Waals surface area contributed by atoms with Crippen LogP contribution in [0.5, 0.6) is 11.5 Å². The molecular formula is C36H30N2O3. The summed E-state index contributed by atoms with van der Waals surface area (Å²) in [6.07, 6.45) is 0. The molecule has 202 valence electrons. The molecule has 0 saturated carbocycles. The second-order valence-electron chi connectivity index (χ2n) is 10.8. The van der Waals surface area contributed by atoms with Crippen LogP contribution in [0.3, 0.4) is 0 Å². The monoisotopic (exact) mass is 538 g/mol. The third-order valence-electron chi connectivity index (χ3n) is 8.19. The summed E-state index contributed by atoms with van der Waals surface area (Å²) in [6.45, 7) is 4.23. The van der Waals surface area contributed by atoms with Gasteiger partial charge in [-0.3, -0.25) is 0 Å². The number of hydrogen-bond donors (Lipinski definition) is 1. The van der Waals surface area contributed by atoms with Crippen LogP contribution in [0.2, 0.25) is 0 Å². The van der Waals surface area contributed by atoms with Crippen molar-refractivity contribution >= 4 is 23.0 Å². The van der Waals surface area contributed by atoms with E-state index < -0.39 is 5.60 Å². The maximum Gasteiger partial charge on any atom is 0.340 e. The lowest BCUT2D eigenvalue weighted by molar-refractivity contribution is 0.0224. The minimum atomic E-state index is -1.12. The number of carbonyl (C=O) groups excluding carboxylic acids is 1. The third kappa shape index (κ3) is 4.04. The molecule has 0 bridgehead atoms. The fourth-order valence-electron chi connectivity index (χ4n) is 5.95. The van der Waals surface area contributed by atoms with E-state index in [4.69, 9.17) is 9.47 Å². The van der Waals surface area contributed by atoms with E-state index in [0.717, 1.165) is 33.8 Å². The first kappa shape index (κ1) is 25.0. The quantitative estimate of drug-likeness (QED) is 0.227. The molecule has 0 saturated heterocycles. The van der Waals surface area contributed by atoms with Gasteiger partial charge in [-0.25, -0.2) is 4.79 Å². The number of ether oxygens (including phenoxy) is 2. The van der Waals surface area contributed by atoms with Gasteiger partial charge in [0.25, 0.3) is 0 Å². The van der Waals surface area contributed by atoms with Gasteiger partial charge in [0.05, 0.1) is 5.56 Å². The van der Waals surface area contributed by atoms with E-state index in [-0.39, 0.29) is 12.0 Å². The zero-order valence-electron chi connectivity index (χ0n) is 23.2. The van der Waals surface area contributed by atoms with Gasteiger partial charge in [-0.05, 0) is 67.9 Å². The highest BCUT2D eigenvalue weighted by Crippen LogP contribution is 2.57. The molecular weight excluding hydrogens is 508 g/mol. The van der Waals surface area contributed by atoms with Crippen LogP contribution in [0.4, 0.5) is 17.1 Å². The number of nitrogens with zero attached hydrogens (tertiary/aromatic N) is 1. The van der Waals surface area contributed by atoms with Crippen molar-refractivity contribution in [3.8, 4) is 11.5 Å². The van der Waals surface area contributed by atoms with Gasteiger partial charge in [-0.1, -0.05) is 66.2 Å². The predicted octanol–water partition coefficient (Wildman–Crippen LogP) is 8.50. The minimum absolute atomic E-state index is 0.0969. The van der Waals surface area contributed by atoms with E-state index in [9.17, 15) is 4.79 Å². The molecule has 1 spiro atoms. The van der Waals surface area contributed by atoms with Crippen LogP contribution in [0.25, 0.3) is 0 Å². The van der Waals surface area contributed by atoms with Crippen LogP contribution >= 0.6 is 0 Å². The van der Waals surface area contributed by atoms with E-state index >= 15 is 0 Å². The number of carbonyl (C=O) groups is 1. The Morgan fingerprint density at radius 1 is 0.732 bits per heavy atom. The Morgan fingerprint density at radius 3 is 2.29 bits per heavy atom. The zero-order chi connectivity index (χ0) is 28.1. The number of nitrogens with one attached hydrogen (secondary N) is 1. The molecule has 41 heavy (non-hydrogen) atoms. The van der Waals surface area contributed by atoms with E-state index in [0.29, 0.717) is 17.1 Å². The Hall–Kier alpha value is -5.03. The zero-order valence-corrected chi connectivity index (χ0v) is 23.2. The lowest BCUT2D eigenvalue weighted by Gasteiger charge is -2.37. The molecule has 0 amide bonds.